The molecule has 1 aromatic rings. The number of benzene rings is 1. The molecule has 120 valence electrons. The summed E-state index contributed by atoms with van der Waals surface area (Å²) in [7, 11) is 0. The second-order valence-corrected chi connectivity index (χ2v) is 6.64. The largest absolute Gasteiger partial charge is 0.487 e. The van der Waals surface area contributed by atoms with Crippen molar-refractivity contribution in [3.05, 3.63) is 22.3 Å². The first-order valence-electron chi connectivity index (χ1n) is 8.14. The Morgan fingerprint density at radius 2 is 1.77 bits per heavy atom. The summed E-state index contributed by atoms with van der Waals surface area (Å²) in [6.45, 7) is 9.62. The average Bonchev–Trinajstić information content (AvgIpc) is 2.50. The van der Waals surface area contributed by atoms with Crippen molar-refractivity contribution in [1.29, 1.82) is 0 Å². The van der Waals surface area contributed by atoms with Gasteiger partial charge in [0.1, 0.15) is 17.1 Å². The van der Waals surface area contributed by atoms with Crippen LogP contribution in [0.25, 0.3) is 0 Å². The topological polar surface area (TPSA) is 47.6 Å². The van der Waals surface area contributed by atoms with Crippen molar-refractivity contribution in [2.24, 2.45) is 0 Å². The van der Waals surface area contributed by atoms with E-state index in [9.17, 15) is 4.79 Å². The van der Waals surface area contributed by atoms with Crippen LogP contribution in [0, 0.1) is 20.8 Å². The molecule has 2 heterocycles. The molecule has 0 unspecified atom stereocenters. The van der Waals surface area contributed by atoms with E-state index in [1.807, 2.05) is 13.8 Å². The van der Waals surface area contributed by atoms with Crippen molar-refractivity contribution in [1.82, 2.24) is 5.32 Å². The lowest BCUT2D eigenvalue weighted by Crippen LogP contribution is -2.48. The fraction of sp³-hybridized carbons (Fsp3) is 0.611. The minimum Gasteiger partial charge on any atom is -0.487 e. The maximum absolute atomic E-state index is 11.4. The summed E-state index contributed by atoms with van der Waals surface area (Å²) < 4.78 is 12.0. The minimum atomic E-state index is -0.267. The third kappa shape index (κ3) is 2.50. The summed E-state index contributed by atoms with van der Waals surface area (Å²) >= 11 is 0. The van der Waals surface area contributed by atoms with E-state index in [1.165, 1.54) is 12.5 Å². The predicted molar refractivity (Wildman–Crippen MR) is 85.7 cm³/mol. The molecule has 4 nitrogen and oxygen atoms in total. The van der Waals surface area contributed by atoms with E-state index in [-0.39, 0.29) is 11.6 Å². The van der Waals surface area contributed by atoms with Crippen LogP contribution in [-0.2, 0) is 11.2 Å². The predicted octanol–water partition coefficient (Wildman–Crippen LogP) is 2.98. The molecule has 2 aliphatic rings. The van der Waals surface area contributed by atoms with Crippen molar-refractivity contribution >= 4 is 5.97 Å². The molecule has 0 radical (unpaired) electrons. The fourth-order valence-electron chi connectivity index (χ4n) is 3.75. The molecule has 4 heteroatoms. The number of hydrogen-bond acceptors (Lipinski definition) is 4. The van der Waals surface area contributed by atoms with E-state index in [4.69, 9.17) is 9.47 Å². The van der Waals surface area contributed by atoms with Gasteiger partial charge in [-0.2, -0.15) is 0 Å². The molecule has 1 aromatic carbocycles. The Balaban J connectivity index is 2.03. The van der Waals surface area contributed by atoms with Gasteiger partial charge in [0, 0.05) is 12.5 Å². The third-order valence-electron chi connectivity index (χ3n) is 5.22. The molecule has 0 aliphatic carbocycles. The fourth-order valence-corrected chi connectivity index (χ4v) is 3.75. The second kappa shape index (κ2) is 5.58. The molecule has 0 atom stereocenters. The zero-order valence-corrected chi connectivity index (χ0v) is 14.0. The van der Waals surface area contributed by atoms with Crippen molar-refractivity contribution < 1.29 is 14.3 Å². The molecule has 1 N–H and O–H groups in total. The summed E-state index contributed by atoms with van der Waals surface area (Å²) in [5.41, 5.74) is 4.37. The molecular formula is C18H25NO3. The summed E-state index contributed by atoms with van der Waals surface area (Å²) in [6, 6.07) is 0. The Hall–Kier alpha value is -1.55. The first-order valence-corrected chi connectivity index (χ1v) is 8.14. The molecule has 2 aliphatic heterocycles. The smallest absolute Gasteiger partial charge is 0.308 e. The Kier molecular flexibility index (Phi) is 3.89. The number of carbonyl (C=O) groups excluding carboxylic acids is 1. The molecular weight excluding hydrogens is 278 g/mol. The van der Waals surface area contributed by atoms with Crippen LogP contribution in [0.3, 0.4) is 0 Å². The first kappa shape index (κ1) is 15.3. The molecule has 22 heavy (non-hydrogen) atoms. The van der Waals surface area contributed by atoms with Gasteiger partial charge < -0.3 is 14.8 Å². The Bertz CT molecular complexity index is 615. The van der Waals surface area contributed by atoms with E-state index in [0.29, 0.717) is 5.75 Å². The van der Waals surface area contributed by atoms with Crippen molar-refractivity contribution in [2.75, 3.05) is 13.1 Å². The SMILES string of the molecule is CC(=O)Oc1c(C)c(C)c2c(c1C)CCC1(CCNCC1)O2. The van der Waals surface area contributed by atoms with Crippen molar-refractivity contribution in [3.8, 4) is 11.5 Å². The summed E-state index contributed by atoms with van der Waals surface area (Å²) in [5.74, 6) is 1.48. The van der Waals surface area contributed by atoms with Gasteiger partial charge in [-0.25, -0.2) is 0 Å². The van der Waals surface area contributed by atoms with Gasteiger partial charge in [-0.15, -0.1) is 0 Å². The van der Waals surface area contributed by atoms with Crippen molar-refractivity contribution in [3.63, 3.8) is 0 Å². The third-order valence-corrected chi connectivity index (χ3v) is 5.22. The average molecular weight is 303 g/mol. The van der Waals surface area contributed by atoms with Gasteiger partial charge in [-0.3, -0.25) is 4.79 Å². The molecule has 1 spiro atoms. The van der Waals surface area contributed by atoms with Crippen LogP contribution in [-0.4, -0.2) is 24.7 Å². The number of fused-ring (bicyclic) bond motifs is 1. The van der Waals surface area contributed by atoms with Gasteiger partial charge in [0.2, 0.25) is 0 Å². The Morgan fingerprint density at radius 3 is 2.41 bits per heavy atom. The molecule has 0 amide bonds. The van der Waals surface area contributed by atoms with Crippen molar-refractivity contribution in [2.45, 2.75) is 59.0 Å². The monoisotopic (exact) mass is 303 g/mol. The molecule has 3 rings (SSSR count). The Morgan fingerprint density at radius 1 is 1.09 bits per heavy atom. The minimum absolute atomic E-state index is 0.00909. The first-order chi connectivity index (χ1) is 10.4. The standard InChI is InChI=1S/C18H25NO3/c1-11-12(2)17-15(13(3)16(11)21-14(4)20)5-6-18(22-17)7-9-19-10-8-18/h19H,5-10H2,1-4H3. The van der Waals surface area contributed by atoms with Crippen LogP contribution in [0.5, 0.6) is 11.5 Å². The van der Waals surface area contributed by atoms with Crippen LogP contribution in [0.15, 0.2) is 0 Å². The maximum Gasteiger partial charge on any atom is 0.308 e. The zero-order chi connectivity index (χ0) is 15.9. The molecule has 0 saturated carbocycles. The number of carbonyl (C=O) groups is 1. The second-order valence-electron chi connectivity index (χ2n) is 6.64. The number of rotatable bonds is 1. The lowest BCUT2D eigenvalue weighted by atomic mass is 9.81. The maximum atomic E-state index is 11.4. The van der Waals surface area contributed by atoms with Crippen LogP contribution < -0.4 is 14.8 Å². The highest BCUT2D eigenvalue weighted by molar-refractivity contribution is 5.72. The van der Waals surface area contributed by atoms with E-state index in [0.717, 1.165) is 61.2 Å². The number of nitrogens with one attached hydrogen (secondary N) is 1. The lowest BCUT2D eigenvalue weighted by Gasteiger charge is -2.43. The van der Waals surface area contributed by atoms with Crippen LogP contribution in [0.2, 0.25) is 0 Å². The van der Waals surface area contributed by atoms with Crippen LogP contribution in [0.1, 0.15) is 48.4 Å². The molecule has 0 aromatic heterocycles. The molecule has 1 saturated heterocycles. The molecule has 1 fully saturated rings. The number of esters is 1. The highest BCUT2D eigenvalue weighted by Gasteiger charge is 2.39. The quantitative estimate of drug-likeness (QED) is 0.640. The van der Waals surface area contributed by atoms with E-state index >= 15 is 0 Å². The van der Waals surface area contributed by atoms with Gasteiger partial charge in [-0.1, -0.05) is 0 Å². The highest BCUT2D eigenvalue weighted by atomic mass is 16.5. The summed E-state index contributed by atoms with van der Waals surface area (Å²) in [4.78, 5) is 11.4. The van der Waals surface area contributed by atoms with Gasteiger partial charge in [0.15, 0.2) is 0 Å². The number of hydrogen-bond donors (Lipinski definition) is 1. The number of ether oxygens (including phenoxy) is 2. The normalized spacial score (nSPS) is 19.5. The van der Waals surface area contributed by atoms with E-state index < -0.39 is 0 Å². The summed E-state index contributed by atoms with van der Waals surface area (Å²) in [5, 5.41) is 3.41. The van der Waals surface area contributed by atoms with Gasteiger partial charge >= 0.3 is 5.97 Å². The summed E-state index contributed by atoms with van der Waals surface area (Å²) in [6.07, 6.45) is 4.17. The van der Waals surface area contributed by atoms with Crippen LogP contribution in [0.4, 0.5) is 0 Å². The van der Waals surface area contributed by atoms with Crippen LogP contribution >= 0.6 is 0 Å². The number of piperidine rings is 1. The lowest BCUT2D eigenvalue weighted by molar-refractivity contribution is -0.132. The van der Waals surface area contributed by atoms with Gasteiger partial charge in [0.25, 0.3) is 0 Å². The van der Waals surface area contributed by atoms with Gasteiger partial charge in [-0.05, 0) is 76.2 Å². The van der Waals surface area contributed by atoms with E-state index in [1.54, 1.807) is 0 Å². The molecule has 0 bridgehead atoms. The Labute approximate surface area is 132 Å². The highest BCUT2D eigenvalue weighted by Crippen LogP contribution is 2.45. The van der Waals surface area contributed by atoms with Gasteiger partial charge in [0.05, 0.1) is 0 Å². The zero-order valence-electron chi connectivity index (χ0n) is 14.0. The van der Waals surface area contributed by atoms with E-state index in [2.05, 4.69) is 12.2 Å².